The van der Waals surface area contributed by atoms with E-state index in [4.69, 9.17) is 4.74 Å². The summed E-state index contributed by atoms with van der Waals surface area (Å²) in [7, 11) is 0. The molecular weight excluding hydrogens is 473 g/mol. The third-order valence-electron chi connectivity index (χ3n) is 5.37. The number of hydrogen-bond acceptors (Lipinski definition) is 6. The summed E-state index contributed by atoms with van der Waals surface area (Å²) < 4.78 is 18.3. The number of nitrogens with one attached hydrogen (secondary N) is 1. The second-order valence-electron chi connectivity index (χ2n) is 7.71. The van der Waals surface area contributed by atoms with E-state index >= 15 is 0 Å². The molecule has 1 atom stereocenters. The molecule has 2 heterocycles. The van der Waals surface area contributed by atoms with Crippen molar-refractivity contribution in [2.45, 2.75) is 25.9 Å². The summed E-state index contributed by atoms with van der Waals surface area (Å²) in [5, 5.41) is 4.56. The molecule has 10 heteroatoms. The van der Waals surface area contributed by atoms with E-state index in [1.165, 1.54) is 52.6 Å². The van der Waals surface area contributed by atoms with Gasteiger partial charge in [0.25, 0.3) is 5.91 Å². The van der Waals surface area contributed by atoms with Crippen LogP contribution in [-0.2, 0) is 20.9 Å². The molecule has 1 aliphatic rings. The Labute approximate surface area is 204 Å². The van der Waals surface area contributed by atoms with Gasteiger partial charge in [-0.2, -0.15) is 0 Å². The number of nitrogens with zero attached hydrogens (tertiary/aromatic N) is 2. The van der Waals surface area contributed by atoms with Gasteiger partial charge in [-0.3, -0.25) is 9.59 Å². The quantitative estimate of drug-likeness (QED) is 0.368. The van der Waals surface area contributed by atoms with Crippen LogP contribution in [0.2, 0.25) is 0 Å². The monoisotopic (exact) mass is 495 g/mol. The zero-order valence-corrected chi connectivity index (χ0v) is 19.6. The van der Waals surface area contributed by atoms with Gasteiger partial charge in [-0.05, 0) is 66.9 Å². The maximum absolute atomic E-state index is 13.4. The van der Waals surface area contributed by atoms with Gasteiger partial charge in [0.15, 0.2) is 0 Å². The van der Waals surface area contributed by atoms with E-state index in [1.54, 1.807) is 19.1 Å². The normalized spacial score (nSPS) is 15.4. The summed E-state index contributed by atoms with van der Waals surface area (Å²) in [4.78, 5) is 54.2. The van der Waals surface area contributed by atoms with Crippen LogP contribution in [0.1, 0.15) is 28.6 Å². The topological polar surface area (TPSA) is 96.0 Å². The molecule has 1 saturated heterocycles. The van der Waals surface area contributed by atoms with E-state index in [-0.39, 0.29) is 25.3 Å². The summed E-state index contributed by atoms with van der Waals surface area (Å²) in [6.07, 6.45) is -0.271. The summed E-state index contributed by atoms with van der Waals surface area (Å²) in [5.74, 6) is -2.00. The Hall–Kier alpha value is -4.05. The maximum Gasteiger partial charge on any atom is 0.338 e. The van der Waals surface area contributed by atoms with Crippen molar-refractivity contribution in [2.75, 3.05) is 16.8 Å². The van der Waals surface area contributed by atoms with Crippen LogP contribution in [0.25, 0.3) is 0 Å². The molecule has 35 heavy (non-hydrogen) atoms. The van der Waals surface area contributed by atoms with E-state index in [0.29, 0.717) is 11.3 Å². The Bertz CT molecular complexity index is 1230. The van der Waals surface area contributed by atoms with Crippen molar-refractivity contribution in [2.24, 2.45) is 0 Å². The number of halogens is 1. The van der Waals surface area contributed by atoms with Crippen molar-refractivity contribution < 1.29 is 28.3 Å². The lowest BCUT2D eigenvalue weighted by Gasteiger charge is -2.21. The van der Waals surface area contributed by atoms with Gasteiger partial charge in [-0.25, -0.2) is 18.9 Å². The molecule has 180 valence electrons. The van der Waals surface area contributed by atoms with Crippen LogP contribution >= 0.6 is 11.3 Å². The van der Waals surface area contributed by atoms with Crippen molar-refractivity contribution in [1.29, 1.82) is 0 Å². The summed E-state index contributed by atoms with van der Waals surface area (Å²) in [6.45, 7) is 2.12. The Kier molecular flexibility index (Phi) is 7.21. The van der Waals surface area contributed by atoms with E-state index in [2.05, 4.69) is 5.32 Å². The Balaban J connectivity index is 1.51. The Morgan fingerprint density at radius 1 is 1.06 bits per heavy atom. The van der Waals surface area contributed by atoms with Crippen molar-refractivity contribution >= 4 is 46.5 Å². The van der Waals surface area contributed by atoms with E-state index in [9.17, 15) is 23.6 Å². The zero-order valence-electron chi connectivity index (χ0n) is 18.8. The summed E-state index contributed by atoms with van der Waals surface area (Å²) >= 11 is 1.43. The third kappa shape index (κ3) is 5.38. The predicted octanol–water partition coefficient (Wildman–Crippen LogP) is 4.43. The first-order valence-electron chi connectivity index (χ1n) is 10.9. The van der Waals surface area contributed by atoms with Crippen LogP contribution in [-0.4, -0.2) is 41.4 Å². The fourth-order valence-corrected chi connectivity index (χ4v) is 4.41. The van der Waals surface area contributed by atoms with Gasteiger partial charge in [0, 0.05) is 10.6 Å². The number of amides is 4. The maximum atomic E-state index is 13.4. The molecule has 0 bridgehead atoms. The van der Waals surface area contributed by atoms with Crippen molar-refractivity contribution in [3.8, 4) is 0 Å². The van der Waals surface area contributed by atoms with E-state index < -0.39 is 35.7 Å². The number of rotatable bonds is 8. The molecule has 0 saturated carbocycles. The van der Waals surface area contributed by atoms with Gasteiger partial charge in [0.1, 0.15) is 11.9 Å². The minimum absolute atomic E-state index is 0.159. The molecule has 0 radical (unpaired) electrons. The Morgan fingerprint density at radius 3 is 2.40 bits per heavy atom. The highest BCUT2D eigenvalue weighted by Crippen LogP contribution is 2.29. The molecule has 0 aliphatic carbocycles. The standard InChI is InChI=1S/C25H22FN3O5S/c1-2-34-24(32)16-5-9-18(10-6-16)27-22(30)14-21-23(31)29(19-11-7-17(26)8-12-19)25(33)28(21)15-20-4-3-13-35-20/h3-13,21H,2,14-15H2,1H3,(H,27,30). The molecule has 2 aromatic carbocycles. The minimum Gasteiger partial charge on any atom is -0.462 e. The molecule has 1 aromatic heterocycles. The number of carbonyl (C=O) groups is 4. The average molecular weight is 496 g/mol. The number of benzene rings is 2. The first-order valence-corrected chi connectivity index (χ1v) is 11.7. The second kappa shape index (κ2) is 10.5. The number of carbonyl (C=O) groups excluding carboxylic acids is 4. The highest BCUT2D eigenvalue weighted by molar-refractivity contribution is 7.09. The van der Waals surface area contributed by atoms with Gasteiger partial charge >= 0.3 is 12.0 Å². The number of thiophene rings is 1. The zero-order chi connectivity index (χ0) is 24.9. The first-order chi connectivity index (χ1) is 16.9. The van der Waals surface area contributed by atoms with E-state index in [0.717, 1.165) is 9.78 Å². The van der Waals surface area contributed by atoms with Crippen LogP contribution in [0, 0.1) is 5.82 Å². The Morgan fingerprint density at radius 2 is 1.77 bits per heavy atom. The molecule has 4 rings (SSSR count). The van der Waals surface area contributed by atoms with Crippen LogP contribution in [0.15, 0.2) is 66.0 Å². The van der Waals surface area contributed by atoms with Gasteiger partial charge < -0.3 is 15.0 Å². The van der Waals surface area contributed by atoms with Crippen LogP contribution < -0.4 is 10.2 Å². The first kappa shape index (κ1) is 24.1. The number of imide groups is 1. The number of esters is 1. The van der Waals surface area contributed by atoms with Crippen molar-refractivity contribution in [3.63, 3.8) is 0 Å². The lowest BCUT2D eigenvalue weighted by atomic mass is 10.1. The number of urea groups is 1. The molecule has 8 nitrogen and oxygen atoms in total. The molecule has 0 spiro atoms. The predicted molar refractivity (Wildman–Crippen MR) is 129 cm³/mol. The van der Waals surface area contributed by atoms with Gasteiger partial charge in [-0.15, -0.1) is 11.3 Å². The van der Waals surface area contributed by atoms with Crippen LogP contribution in [0.5, 0.6) is 0 Å². The largest absolute Gasteiger partial charge is 0.462 e. The molecule has 1 aliphatic heterocycles. The number of anilines is 2. The van der Waals surface area contributed by atoms with E-state index in [1.807, 2.05) is 17.5 Å². The fourth-order valence-electron chi connectivity index (χ4n) is 3.70. The third-order valence-corrected chi connectivity index (χ3v) is 6.23. The van der Waals surface area contributed by atoms with Crippen LogP contribution in [0.3, 0.4) is 0 Å². The van der Waals surface area contributed by atoms with Gasteiger partial charge in [-0.1, -0.05) is 6.07 Å². The van der Waals surface area contributed by atoms with Crippen LogP contribution in [0.4, 0.5) is 20.6 Å². The van der Waals surface area contributed by atoms with Gasteiger partial charge in [0.05, 0.1) is 30.8 Å². The minimum atomic E-state index is -1.03. The molecule has 1 fully saturated rings. The van der Waals surface area contributed by atoms with Gasteiger partial charge in [0.2, 0.25) is 5.91 Å². The highest BCUT2D eigenvalue weighted by atomic mass is 32.1. The highest BCUT2D eigenvalue weighted by Gasteiger charge is 2.46. The number of hydrogen-bond donors (Lipinski definition) is 1. The molecule has 1 N–H and O–H groups in total. The molecule has 4 amide bonds. The molecular formula is C25H22FN3O5S. The lowest BCUT2D eigenvalue weighted by Crippen LogP contribution is -2.37. The fraction of sp³-hybridized carbons (Fsp3) is 0.200. The summed E-state index contributed by atoms with van der Waals surface area (Å²) in [6, 6.07) is 13.3. The summed E-state index contributed by atoms with van der Waals surface area (Å²) in [5.41, 5.74) is 1.01. The average Bonchev–Trinajstić information content (AvgIpc) is 3.43. The SMILES string of the molecule is CCOC(=O)c1ccc(NC(=O)CC2C(=O)N(c3ccc(F)cc3)C(=O)N2Cc2cccs2)cc1. The number of ether oxygens (including phenoxy) is 1. The van der Waals surface area contributed by atoms with Crippen molar-refractivity contribution in [3.05, 3.63) is 82.3 Å². The second-order valence-corrected chi connectivity index (χ2v) is 8.74. The smallest absolute Gasteiger partial charge is 0.338 e. The molecule has 1 unspecified atom stereocenters. The molecule has 3 aromatic rings. The van der Waals surface area contributed by atoms with Crippen molar-refractivity contribution in [1.82, 2.24) is 4.90 Å². The lowest BCUT2D eigenvalue weighted by molar-refractivity contribution is -0.124.